The van der Waals surface area contributed by atoms with Crippen LogP contribution in [0.25, 0.3) is 0 Å². The molecule has 0 saturated heterocycles. The van der Waals surface area contributed by atoms with Gasteiger partial charge in [-0.25, -0.2) is 0 Å². The summed E-state index contributed by atoms with van der Waals surface area (Å²) < 4.78 is 4.74. The molecule has 0 aliphatic carbocycles. The van der Waals surface area contributed by atoms with Crippen LogP contribution in [0.4, 0.5) is 0 Å². The molecule has 1 atom stereocenters. The summed E-state index contributed by atoms with van der Waals surface area (Å²) in [6, 6.07) is 0. The summed E-state index contributed by atoms with van der Waals surface area (Å²) in [5.41, 5.74) is 0. The van der Waals surface area contributed by atoms with E-state index < -0.39 is 17.9 Å². The zero-order chi connectivity index (χ0) is 11.0. The van der Waals surface area contributed by atoms with E-state index in [0.29, 0.717) is 13.2 Å². The molecule has 0 radical (unpaired) electrons. The molecule has 1 unspecified atom stereocenters. The maximum absolute atomic E-state index is 10.6. The van der Waals surface area contributed by atoms with Crippen LogP contribution in [-0.4, -0.2) is 49.0 Å². The van der Waals surface area contributed by atoms with Crippen LogP contribution < -0.4 is 5.32 Å². The van der Waals surface area contributed by atoms with Gasteiger partial charge < -0.3 is 20.3 Å². The smallest absolute Gasteiger partial charge is 0.308 e. The third kappa shape index (κ3) is 6.38. The molecule has 0 bridgehead atoms. The van der Waals surface area contributed by atoms with E-state index in [-0.39, 0.29) is 13.0 Å². The number of ether oxygens (including phenoxy) is 1. The second-order valence-electron chi connectivity index (χ2n) is 2.83. The first-order chi connectivity index (χ1) is 6.57. The van der Waals surface area contributed by atoms with Crippen molar-refractivity contribution in [1.82, 2.24) is 5.32 Å². The average molecular weight is 205 g/mol. The summed E-state index contributed by atoms with van der Waals surface area (Å²) in [5, 5.41) is 19.9. The Morgan fingerprint density at radius 1 is 1.43 bits per heavy atom. The first-order valence-corrected chi connectivity index (χ1v) is 4.22. The van der Waals surface area contributed by atoms with Crippen LogP contribution in [-0.2, 0) is 14.3 Å². The van der Waals surface area contributed by atoms with Gasteiger partial charge in [-0.05, 0) is 0 Å². The molecular weight excluding hydrogens is 190 g/mol. The normalized spacial score (nSPS) is 12.4. The number of methoxy groups -OCH3 is 1. The summed E-state index contributed by atoms with van der Waals surface area (Å²) in [6.07, 6.45) is -0.366. The van der Waals surface area contributed by atoms with Gasteiger partial charge in [-0.1, -0.05) is 0 Å². The molecule has 0 aromatic carbocycles. The number of hydrogen-bond acceptors (Lipinski definition) is 4. The number of carbonyl (C=O) groups is 2. The second-order valence-corrected chi connectivity index (χ2v) is 2.83. The number of aliphatic carboxylic acids is 2. The monoisotopic (exact) mass is 205 g/mol. The van der Waals surface area contributed by atoms with E-state index >= 15 is 0 Å². The van der Waals surface area contributed by atoms with E-state index in [1.165, 1.54) is 7.11 Å². The number of carboxylic acids is 2. The van der Waals surface area contributed by atoms with Crippen LogP contribution in [0, 0.1) is 5.92 Å². The SMILES string of the molecule is COCCNCC(CC(=O)O)C(=O)O. The minimum atomic E-state index is -1.11. The Kier molecular flexibility index (Phi) is 6.69. The van der Waals surface area contributed by atoms with Crippen LogP contribution in [0.1, 0.15) is 6.42 Å². The lowest BCUT2D eigenvalue weighted by Crippen LogP contribution is -2.32. The van der Waals surface area contributed by atoms with Crippen LogP contribution in [0.15, 0.2) is 0 Å². The standard InChI is InChI=1S/C8H15NO5/c1-14-3-2-9-5-6(8(12)13)4-7(10)11/h6,9H,2-5H2,1H3,(H,10,11)(H,12,13). The fourth-order valence-electron chi connectivity index (χ4n) is 0.908. The predicted octanol–water partition coefficient (Wildman–Crippen LogP) is -0.602. The fraction of sp³-hybridized carbons (Fsp3) is 0.750. The molecule has 0 amide bonds. The zero-order valence-corrected chi connectivity index (χ0v) is 8.02. The lowest BCUT2D eigenvalue weighted by Gasteiger charge is -2.10. The van der Waals surface area contributed by atoms with Crippen molar-refractivity contribution >= 4 is 11.9 Å². The fourth-order valence-corrected chi connectivity index (χ4v) is 0.908. The predicted molar refractivity (Wildman–Crippen MR) is 48.1 cm³/mol. The van der Waals surface area contributed by atoms with Gasteiger partial charge in [0.15, 0.2) is 0 Å². The molecular formula is C8H15NO5. The number of rotatable bonds is 8. The Morgan fingerprint density at radius 2 is 2.07 bits per heavy atom. The molecule has 6 nitrogen and oxygen atoms in total. The van der Waals surface area contributed by atoms with E-state index in [9.17, 15) is 9.59 Å². The van der Waals surface area contributed by atoms with Crippen molar-refractivity contribution in [3.8, 4) is 0 Å². The lowest BCUT2D eigenvalue weighted by atomic mass is 10.1. The van der Waals surface area contributed by atoms with Crippen molar-refractivity contribution in [3.63, 3.8) is 0 Å². The summed E-state index contributed by atoms with van der Waals surface area (Å²) in [5.74, 6) is -3.09. The van der Waals surface area contributed by atoms with Crippen molar-refractivity contribution in [2.75, 3.05) is 26.8 Å². The van der Waals surface area contributed by atoms with Gasteiger partial charge in [-0.15, -0.1) is 0 Å². The summed E-state index contributed by atoms with van der Waals surface area (Å²) >= 11 is 0. The summed E-state index contributed by atoms with van der Waals surface area (Å²) in [7, 11) is 1.54. The quantitative estimate of drug-likeness (QED) is 0.458. The van der Waals surface area contributed by atoms with Crippen LogP contribution >= 0.6 is 0 Å². The second kappa shape index (κ2) is 7.28. The maximum Gasteiger partial charge on any atom is 0.308 e. The third-order valence-corrected chi connectivity index (χ3v) is 1.64. The topological polar surface area (TPSA) is 95.9 Å². The highest BCUT2D eigenvalue weighted by molar-refractivity contribution is 5.77. The average Bonchev–Trinajstić information content (AvgIpc) is 2.09. The summed E-state index contributed by atoms with van der Waals surface area (Å²) in [4.78, 5) is 20.9. The molecule has 14 heavy (non-hydrogen) atoms. The van der Waals surface area contributed by atoms with Gasteiger partial charge in [0.25, 0.3) is 0 Å². The van der Waals surface area contributed by atoms with Crippen LogP contribution in [0.5, 0.6) is 0 Å². The number of carboxylic acid groups (broad SMARTS) is 2. The Balaban J connectivity index is 3.74. The molecule has 0 aliphatic rings. The van der Waals surface area contributed by atoms with Gasteiger partial charge in [0, 0.05) is 20.2 Å². The Labute approximate surface area is 81.9 Å². The molecule has 82 valence electrons. The Bertz CT molecular complexity index is 194. The molecule has 0 heterocycles. The van der Waals surface area contributed by atoms with Gasteiger partial charge in [0.2, 0.25) is 0 Å². The molecule has 0 aromatic rings. The molecule has 6 heteroatoms. The van der Waals surface area contributed by atoms with E-state index in [0.717, 1.165) is 0 Å². The van der Waals surface area contributed by atoms with Crippen LogP contribution in [0.3, 0.4) is 0 Å². The molecule has 3 N–H and O–H groups in total. The van der Waals surface area contributed by atoms with E-state index in [1.807, 2.05) is 0 Å². The van der Waals surface area contributed by atoms with Gasteiger partial charge in [-0.3, -0.25) is 9.59 Å². The first-order valence-electron chi connectivity index (χ1n) is 4.22. The van der Waals surface area contributed by atoms with Crippen LogP contribution in [0.2, 0.25) is 0 Å². The molecule has 0 saturated carbocycles. The molecule has 0 rings (SSSR count). The highest BCUT2D eigenvalue weighted by Crippen LogP contribution is 2.01. The van der Waals surface area contributed by atoms with Crippen molar-refractivity contribution in [1.29, 1.82) is 0 Å². The van der Waals surface area contributed by atoms with Crippen molar-refractivity contribution < 1.29 is 24.5 Å². The molecule has 0 aliphatic heterocycles. The molecule has 0 fully saturated rings. The number of hydrogen-bond donors (Lipinski definition) is 3. The minimum absolute atomic E-state index is 0.144. The molecule has 0 aromatic heterocycles. The highest BCUT2D eigenvalue weighted by Gasteiger charge is 2.19. The minimum Gasteiger partial charge on any atom is -0.481 e. The Morgan fingerprint density at radius 3 is 2.50 bits per heavy atom. The van der Waals surface area contributed by atoms with Gasteiger partial charge >= 0.3 is 11.9 Å². The molecule has 0 spiro atoms. The van der Waals surface area contributed by atoms with Crippen molar-refractivity contribution in [2.24, 2.45) is 5.92 Å². The Hall–Kier alpha value is -1.14. The zero-order valence-electron chi connectivity index (χ0n) is 8.02. The summed E-state index contributed by atoms with van der Waals surface area (Å²) in [6.45, 7) is 1.13. The van der Waals surface area contributed by atoms with Gasteiger partial charge in [-0.2, -0.15) is 0 Å². The van der Waals surface area contributed by atoms with Gasteiger partial charge in [0.1, 0.15) is 0 Å². The van der Waals surface area contributed by atoms with Crippen molar-refractivity contribution in [2.45, 2.75) is 6.42 Å². The third-order valence-electron chi connectivity index (χ3n) is 1.64. The van der Waals surface area contributed by atoms with Gasteiger partial charge in [0.05, 0.1) is 18.9 Å². The van der Waals surface area contributed by atoms with Crippen molar-refractivity contribution in [3.05, 3.63) is 0 Å². The van der Waals surface area contributed by atoms with E-state index in [1.54, 1.807) is 0 Å². The first kappa shape index (κ1) is 12.9. The van der Waals surface area contributed by atoms with E-state index in [4.69, 9.17) is 14.9 Å². The highest BCUT2D eigenvalue weighted by atomic mass is 16.5. The lowest BCUT2D eigenvalue weighted by molar-refractivity contribution is -0.148. The maximum atomic E-state index is 10.6. The van der Waals surface area contributed by atoms with E-state index in [2.05, 4.69) is 5.32 Å². The largest absolute Gasteiger partial charge is 0.481 e. The number of nitrogens with one attached hydrogen (secondary N) is 1.